The topological polar surface area (TPSA) is 29.1 Å². The van der Waals surface area contributed by atoms with Crippen LogP contribution in [0.3, 0.4) is 0 Å². The summed E-state index contributed by atoms with van der Waals surface area (Å²) in [5, 5.41) is 2.96. The Labute approximate surface area is 85.4 Å². The van der Waals surface area contributed by atoms with Crippen LogP contribution in [0.1, 0.15) is 26.7 Å². The van der Waals surface area contributed by atoms with Gasteiger partial charge in [-0.3, -0.25) is 4.79 Å². The molecule has 2 heteroatoms. The highest BCUT2D eigenvalue weighted by Gasteiger charge is 2.23. The van der Waals surface area contributed by atoms with Crippen LogP contribution < -0.4 is 5.32 Å². The van der Waals surface area contributed by atoms with Gasteiger partial charge in [-0.25, -0.2) is 0 Å². The maximum atomic E-state index is 11.6. The Kier molecular flexibility index (Phi) is 4.17. The third-order valence-electron chi connectivity index (χ3n) is 1.99. The first kappa shape index (κ1) is 10.8. The normalized spacial score (nSPS) is 18.0. The smallest absolute Gasteiger partial charge is 0.251 e. The van der Waals surface area contributed by atoms with E-state index >= 15 is 0 Å². The van der Waals surface area contributed by atoms with Crippen molar-refractivity contribution in [1.82, 2.24) is 5.32 Å². The van der Waals surface area contributed by atoms with Crippen LogP contribution >= 0.6 is 0 Å². The Hall–Kier alpha value is -1.31. The van der Waals surface area contributed by atoms with Crippen molar-refractivity contribution in [2.75, 3.05) is 0 Å². The third-order valence-corrected chi connectivity index (χ3v) is 1.99. The molecule has 0 saturated heterocycles. The zero-order chi connectivity index (χ0) is 10.4. The second-order valence-electron chi connectivity index (χ2n) is 3.40. The van der Waals surface area contributed by atoms with Gasteiger partial charge in [0.1, 0.15) is 0 Å². The zero-order valence-corrected chi connectivity index (χ0v) is 8.79. The van der Waals surface area contributed by atoms with Gasteiger partial charge < -0.3 is 5.32 Å². The van der Waals surface area contributed by atoms with Crippen LogP contribution in [0.5, 0.6) is 0 Å². The first-order chi connectivity index (χ1) is 6.77. The second-order valence-corrected chi connectivity index (χ2v) is 3.40. The average Bonchev–Trinajstić information content (AvgIpc) is 2.95. The summed E-state index contributed by atoms with van der Waals surface area (Å²) in [6.07, 6.45) is 11.6. The maximum Gasteiger partial charge on any atom is 0.251 e. The monoisotopic (exact) mass is 191 g/mol. The molecule has 0 aromatic carbocycles. The van der Waals surface area contributed by atoms with Crippen LogP contribution in [0.15, 0.2) is 36.0 Å². The summed E-state index contributed by atoms with van der Waals surface area (Å²) in [6.45, 7) is 3.84. The minimum Gasteiger partial charge on any atom is -0.349 e. The van der Waals surface area contributed by atoms with E-state index in [1.807, 2.05) is 44.2 Å². The fourth-order valence-electron chi connectivity index (χ4n) is 1.08. The van der Waals surface area contributed by atoms with Gasteiger partial charge >= 0.3 is 0 Å². The lowest BCUT2D eigenvalue weighted by molar-refractivity contribution is -0.117. The molecule has 0 spiro atoms. The summed E-state index contributed by atoms with van der Waals surface area (Å²) >= 11 is 0. The molecule has 0 aliphatic heterocycles. The molecule has 1 aliphatic carbocycles. The lowest BCUT2D eigenvalue weighted by Gasteiger charge is -2.02. The first-order valence-electron chi connectivity index (χ1n) is 5.04. The molecule has 0 atom stereocenters. The van der Waals surface area contributed by atoms with Gasteiger partial charge in [0.2, 0.25) is 0 Å². The van der Waals surface area contributed by atoms with Gasteiger partial charge in [-0.05, 0) is 32.8 Å². The number of nitrogens with one attached hydrogen (secondary N) is 1. The van der Waals surface area contributed by atoms with E-state index in [-0.39, 0.29) is 5.91 Å². The molecule has 1 amide bonds. The van der Waals surface area contributed by atoms with E-state index in [9.17, 15) is 4.79 Å². The van der Waals surface area contributed by atoms with Gasteiger partial charge in [-0.1, -0.05) is 24.3 Å². The van der Waals surface area contributed by atoms with Gasteiger partial charge in [0.05, 0.1) is 0 Å². The molecule has 76 valence electrons. The van der Waals surface area contributed by atoms with Crippen LogP contribution in [0.25, 0.3) is 0 Å². The van der Waals surface area contributed by atoms with Crippen molar-refractivity contribution in [2.45, 2.75) is 32.7 Å². The molecule has 2 nitrogen and oxygen atoms in total. The molecular weight excluding hydrogens is 174 g/mol. The molecule has 0 aromatic heterocycles. The Bertz CT molecular complexity index is 283. The number of rotatable bonds is 4. The van der Waals surface area contributed by atoms with E-state index in [0.717, 1.165) is 18.4 Å². The zero-order valence-electron chi connectivity index (χ0n) is 8.79. The quantitative estimate of drug-likeness (QED) is 0.536. The van der Waals surface area contributed by atoms with Crippen molar-refractivity contribution in [2.24, 2.45) is 0 Å². The van der Waals surface area contributed by atoms with E-state index in [2.05, 4.69) is 5.32 Å². The van der Waals surface area contributed by atoms with E-state index in [4.69, 9.17) is 0 Å². The number of amides is 1. The predicted octanol–water partition coefficient (Wildman–Crippen LogP) is 2.34. The molecule has 1 N–H and O–H groups in total. The maximum absolute atomic E-state index is 11.6. The summed E-state index contributed by atoms with van der Waals surface area (Å²) in [6, 6.07) is 0.418. The van der Waals surface area contributed by atoms with Gasteiger partial charge in [0.25, 0.3) is 5.91 Å². The minimum absolute atomic E-state index is 0.0312. The summed E-state index contributed by atoms with van der Waals surface area (Å²) in [5.74, 6) is 0.0312. The summed E-state index contributed by atoms with van der Waals surface area (Å²) in [7, 11) is 0. The predicted molar refractivity (Wildman–Crippen MR) is 58.9 cm³/mol. The molecule has 0 aromatic rings. The molecule has 0 unspecified atom stereocenters. The van der Waals surface area contributed by atoms with Gasteiger partial charge in [-0.2, -0.15) is 0 Å². The Morgan fingerprint density at radius 1 is 1.29 bits per heavy atom. The summed E-state index contributed by atoms with van der Waals surface area (Å²) < 4.78 is 0. The van der Waals surface area contributed by atoms with Crippen molar-refractivity contribution in [3.63, 3.8) is 0 Å². The molecule has 0 radical (unpaired) electrons. The lowest BCUT2D eigenvalue weighted by Crippen LogP contribution is -2.26. The van der Waals surface area contributed by atoms with E-state index < -0.39 is 0 Å². The fraction of sp³-hybridized carbons (Fsp3) is 0.417. The molecular formula is C12H17NO. The molecule has 0 bridgehead atoms. The van der Waals surface area contributed by atoms with Crippen molar-refractivity contribution in [1.29, 1.82) is 0 Å². The van der Waals surface area contributed by atoms with E-state index in [1.54, 1.807) is 0 Å². The molecule has 1 fully saturated rings. The second kappa shape index (κ2) is 5.43. The summed E-state index contributed by atoms with van der Waals surface area (Å²) in [4.78, 5) is 11.6. The molecule has 1 saturated carbocycles. The van der Waals surface area contributed by atoms with Gasteiger partial charge in [0, 0.05) is 11.6 Å². The van der Waals surface area contributed by atoms with E-state index in [0.29, 0.717) is 6.04 Å². The number of carbonyl (C=O) groups is 1. The first-order valence-corrected chi connectivity index (χ1v) is 5.04. The highest BCUT2D eigenvalue weighted by molar-refractivity contribution is 5.96. The number of hydrogen-bond acceptors (Lipinski definition) is 1. The van der Waals surface area contributed by atoms with Gasteiger partial charge in [0.15, 0.2) is 0 Å². The molecule has 0 heterocycles. The van der Waals surface area contributed by atoms with Gasteiger partial charge in [-0.15, -0.1) is 0 Å². The Morgan fingerprint density at radius 2 is 2.00 bits per heavy atom. The summed E-state index contributed by atoms with van der Waals surface area (Å²) in [5.41, 5.74) is 0.720. The SMILES string of the molecule is C\C=C/C=C(\C=C/C)C(=O)NC1CC1. The highest BCUT2D eigenvalue weighted by atomic mass is 16.1. The van der Waals surface area contributed by atoms with Crippen LogP contribution in [-0.2, 0) is 4.79 Å². The number of hydrogen-bond donors (Lipinski definition) is 1. The Morgan fingerprint density at radius 3 is 2.50 bits per heavy atom. The molecule has 14 heavy (non-hydrogen) atoms. The van der Waals surface area contributed by atoms with Crippen molar-refractivity contribution in [3.8, 4) is 0 Å². The lowest BCUT2D eigenvalue weighted by atomic mass is 10.2. The van der Waals surface area contributed by atoms with Crippen LogP contribution in [0.2, 0.25) is 0 Å². The fourth-order valence-corrected chi connectivity index (χ4v) is 1.08. The number of carbonyl (C=O) groups excluding carboxylic acids is 1. The average molecular weight is 191 g/mol. The Balaban J connectivity index is 2.59. The van der Waals surface area contributed by atoms with Crippen LogP contribution in [0, 0.1) is 0 Å². The molecule has 1 rings (SSSR count). The standard InChI is InChI=1S/C12H17NO/c1-3-5-7-10(6-4-2)12(14)13-11-8-9-11/h3-7,11H,8-9H2,1-2H3,(H,13,14)/b5-3-,6-4-,10-7+. The molecule has 1 aliphatic rings. The van der Waals surface area contributed by atoms with Crippen molar-refractivity contribution >= 4 is 5.91 Å². The number of allylic oxidation sites excluding steroid dienone is 4. The van der Waals surface area contributed by atoms with Crippen LogP contribution in [-0.4, -0.2) is 11.9 Å². The highest BCUT2D eigenvalue weighted by Crippen LogP contribution is 2.19. The van der Waals surface area contributed by atoms with E-state index in [1.165, 1.54) is 0 Å². The minimum atomic E-state index is 0.0312. The third kappa shape index (κ3) is 3.60. The van der Waals surface area contributed by atoms with Crippen molar-refractivity contribution in [3.05, 3.63) is 36.0 Å². The largest absolute Gasteiger partial charge is 0.349 e. The van der Waals surface area contributed by atoms with Crippen LogP contribution in [0.4, 0.5) is 0 Å². The van der Waals surface area contributed by atoms with Crippen molar-refractivity contribution < 1.29 is 4.79 Å².